The van der Waals surface area contributed by atoms with E-state index in [0.29, 0.717) is 5.57 Å². The summed E-state index contributed by atoms with van der Waals surface area (Å²) >= 11 is 0. The van der Waals surface area contributed by atoms with Crippen LogP contribution in [0.1, 0.15) is 11.3 Å². The first kappa shape index (κ1) is 10.6. The Morgan fingerprint density at radius 1 is 1.11 bits per heavy atom. The fourth-order valence-electron chi connectivity index (χ4n) is 1.93. The first-order valence-corrected chi connectivity index (χ1v) is 5.67. The quantitative estimate of drug-likeness (QED) is 0.814. The van der Waals surface area contributed by atoms with Gasteiger partial charge in [-0.2, -0.15) is 0 Å². The highest BCUT2D eigenvalue weighted by atomic mass is 16.3. The van der Waals surface area contributed by atoms with Gasteiger partial charge in [-0.25, -0.2) is 0 Å². The normalized spacial score (nSPS) is 16.2. The molecule has 0 atom stereocenters. The number of carbonyl (C=O) groups is 1. The minimum atomic E-state index is -0.0692. The number of hydrogen-bond donors (Lipinski definition) is 1. The van der Waals surface area contributed by atoms with Gasteiger partial charge in [0.1, 0.15) is 5.76 Å². The maximum atomic E-state index is 11.8. The molecule has 2 heterocycles. The fraction of sp³-hybridized carbons (Fsp3) is 0. The van der Waals surface area contributed by atoms with E-state index in [0.717, 1.165) is 17.0 Å². The van der Waals surface area contributed by atoms with Crippen LogP contribution in [0.5, 0.6) is 0 Å². The number of carbonyl (C=O) groups excluding carboxylic acids is 1. The minimum absolute atomic E-state index is 0.0692. The Bertz CT molecular complexity index is 636. The second-order valence-corrected chi connectivity index (χ2v) is 3.95. The standard InChI is InChI=1S/C15H11NO2/c17-15-13(8-3-5-11-6-4-10-18-11)12-7-1-2-9-14(12)16-15/h1-10H,(H,16,17)/b5-3+,13-8-. The van der Waals surface area contributed by atoms with Crippen molar-refractivity contribution in [3.05, 3.63) is 66.1 Å². The summed E-state index contributed by atoms with van der Waals surface area (Å²) in [5.41, 5.74) is 2.47. The Labute approximate surface area is 104 Å². The van der Waals surface area contributed by atoms with Crippen molar-refractivity contribution >= 4 is 23.2 Å². The summed E-state index contributed by atoms with van der Waals surface area (Å²) in [6.45, 7) is 0. The van der Waals surface area contributed by atoms with Gasteiger partial charge in [-0.1, -0.05) is 24.3 Å². The number of anilines is 1. The van der Waals surface area contributed by atoms with Gasteiger partial charge >= 0.3 is 0 Å². The van der Waals surface area contributed by atoms with Crippen LogP contribution < -0.4 is 5.32 Å². The average Bonchev–Trinajstić information content (AvgIpc) is 2.98. The number of rotatable bonds is 2. The summed E-state index contributed by atoms with van der Waals surface area (Å²) in [6, 6.07) is 11.3. The lowest BCUT2D eigenvalue weighted by Gasteiger charge is -1.94. The summed E-state index contributed by atoms with van der Waals surface area (Å²) in [7, 11) is 0. The summed E-state index contributed by atoms with van der Waals surface area (Å²) < 4.78 is 5.18. The molecule has 0 saturated carbocycles. The average molecular weight is 237 g/mol. The minimum Gasteiger partial charge on any atom is -0.465 e. The van der Waals surface area contributed by atoms with Gasteiger partial charge in [0.05, 0.1) is 6.26 Å². The third-order valence-corrected chi connectivity index (χ3v) is 2.78. The van der Waals surface area contributed by atoms with E-state index < -0.39 is 0 Å². The zero-order chi connectivity index (χ0) is 12.4. The van der Waals surface area contributed by atoms with E-state index in [9.17, 15) is 4.79 Å². The Kier molecular flexibility index (Phi) is 2.57. The summed E-state index contributed by atoms with van der Waals surface area (Å²) in [5.74, 6) is 0.693. The van der Waals surface area contributed by atoms with Gasteiger partial charge in [0.2, 0.25) is 0 Å². The third-order valence-electron chi connectivity index (χ3n) is 2.78. The van der Waals surface area contributed by atoms with Crippen molar-refractivity contribution in [3.8, 4) is 0 Å². The van der Waals surface area contributed by atoms with E-state index in [4.69, 9.17) is 4.42 Å². The van der Waals surface area contributed by atoms with Crippen LogP contribution in [-0.2, 0) is 4.79 Å². The SMILES string of the molecule is O=C1Nc2ccccc2/C1=C/C=C/c1ccco1. The monoisotopic (exact) mass is 237 g/mol. The molecule has 0 radical (unpaired) electrons. The molecule has 0 saturated heterocycles. The van der Waals surface area contributed by atoms with Gasteiger partial charge in [0.25, 0.3) is 5.91 Å². The van der Waals surface area contributed by atoms with Crippen molar-refractivity contribution in [2.45, 2.75) is 0 Å². The molecule has 1 aromatic heterocycles. The summed E-state index contributed by atoms with van der Waals surface area (Å²) in [5, 5.41) is 2.83. The van der Waals surface area contributed by atoms with Gasteiger partial charge in [-0.3, -0.25) is 4.79 Å². The molecule has 88 valence electrons. The maximum absolute atomic E-state index is 11.8. The van der Waals surface area contributed by atoms with E-state index in [1.54, 1.807) is 12.3 Å². The zero-order valence-electron chi connectivity index (χ0n) is 9.59. The molecule has 0 unspecified atom stereocenters. The summed E-state index contributed by atoms with van der Waals surface area (Å²) in [4.78, 5) is 11.8. The third kappa shape index (κ3) is 1.86. The summed E-state index contributed by atoms with van der Waals surface area (Å²) in [6.07, 6.45) is 7.05. The molecule has 0 fully saturated rings. The smallest absolute Gasteiger partial charge is 0.256 e. The van der Waals surface area contributed by atoms with Gasteiger partial charge in [0, 0.05) is 16.8 Å². The van der Waals surface area contributed by atoms with E-state index in [2.05, 4.69) is 5.32 Å². The van der Waals surface area contributed by atoms with Gasteiger partial charge < -0.3 is 9.73 Å². The number of allylic oxidation sites excluding steroid dienone is 2. The molecule has 2 aromatic rings. The fourth-order valence-corrected chi connectivity index (χ4v) is 1.93. The van der Waals surface area contributed by atoms with Crippen LogP contribution in [0.15, 0.2) is 59.2 Å². The number of nitrogens with one attached hydrogen (secondary N) is 1. The molecule has 1 N–H and O–H groups in total. The first-order chi connectivity index (χ1) is 8.84. The van der Waals surface area contributed by atoms with Crippen LogP contribution in [0.25, 0.3) is 11.6 Å². The lowest BCUT2D eigenvalue weighted by molar-refractivity contribution is -0.110. The van der Waals surface area contributed by atoms with Crippen molar-refractivity contribution in [3.63, 3.8) is 0 Å². The highest BCUT2D eigenvalue weighted by molar-refractivity contribution is 6.31. The topological polar surface area (TPSA) is 42.2 Å². The number of amides is 1. The highest BCUT2D eigenvalue weighted by Crippen LogP contribution is 2.31. The lowest BCUT2D eigenvalue weighted by Crippen LogP contribution is -2.03. The largest absolute Gasteiger partial charge is 0.465 e. The van der Waals surface area contributed by atoms with Crippen LogP contribution in [0.3, 0.4) is 0 Å². The van der Waals surface area contributed by atoms with Crippen LogP contribution in [-0.4, -0.2) is 5.91 Å². The van der Waals surface area contributed by atoms with Gasteiger partial charge in [-0.05, 0) is 30.4 Å². The van der Waals surface area contributed by atoms with Crippen molar-refractivity contribution in [2.24, 2.45) is 0 Å². The van der Waals surface area contributed by atoms with Gasteiger partial charge in [0.15, 0.2) is 0 Å². The molecule has 0 spiro atoms. The molecular formula is C15H11NO2. The zero-order valence-corrected chi connectivity index (χ0v) is 9.59. The number of benzene rings is 1. The number of fused-ring (bicyclic) bond motifs is 1. The Hall–Kier alpha value is -2.55. The van der Waals surface area contributed by atoms with E-state index in [1.165, 1.54) is 0 Å². The second kappa shape index (κ2) is 4.37. The molecule has 0 aliphatic carbocycles. The molecule has 3 nitrogen and oxygen atoms in total. The van der Waals surface area contributed by atoms with E-state index >= 15 is 0 Å². The van der Waals surface area contributed by atoms with Crippen LogP contribution in [0.2, 0.25) is 0 Å². The number of hydrogen-bond acceptors (Lipinski definition) is 2. The van der Waals surface area contributed by atoms with Crippen molar-refractivity contribution < 1.29 is 9.21 Å². The number of furan rings is 1. The predicted molar refractivity (Wildman–Crippen MR) is 70.8 cm³/mol. The number of para-hydroxylation sites is 1. The molecule has 1 aliphatic rings. The van der Waals surface area contributed by atoms with E-state index in [1.807, 2.05) is 48.6 Å². The Morgan fingerprint density at radius 2 is 2.00 bits per heavy atom. The molecule has 3 rings (SSSR count). The Balaban J connectivity index is 1.90. The molecule has 0 bridgehead atoms. The molecule has 1 amide bonds. The maximum Gasteiger partial charge on any atom is 0.256 e. The predicted octanol–water partition coefficient (Wildman–Crippen LogP) is 3.33. The molecular weight excluding hydrogens is 226 g/mol. The van der Waals surface area contributed by atoms with Crippen LogP contribution >= 0.6 is 0 Å². The van der Waals surface area contributed by atoms with Crippen molar-refractivity contribution in [1.82, 2.24) is 0 Å². The van der Waals surface area contributed by atoms with Crippen LogP contribution in [0, 0.1) is 0 Å². The van der Waals surface area contributed by atoms with Gasteiger partial charge in [-0.15, -0.1) is 0 Å². The van der Waals surface area contributed by atoms with E-state index in [-0.39, 0.29) is 5.91 Å². The molecule has 18 heavy (non-hydrogen) atoms. The first-order valence-electron chi connectivity index (χ1n) is 5.67. The molecule has 1 aromatic carbocycles. The molecule has 3 heteroatoms. The Morgan fingerprint density at radius 3 is 2.83 bits per heavy atom. The highest BCUT2D eigenvalue weighted by Gasteiger charge is 2.22. The molecule has 1 aliphatic heterocycles. The van der Waals surface area contributed by atoms with Crippen molar-refractivity contribution in [2.75, 3.05) is 5.32 Å². The van der Waals surface area contributed by atoms with Crippen LogP contribution in [0.4, 0.5) is 5.69 Å². The lowest BCUT2D eigenvalue weighted by atomic mass is 10.1. The second-order valence-electron chi connectivity index (χ2n) is 3.95. The van der Waals surface area contributed by atoms with Crippen molar-refractivity contribution in [1.29, 1.82) is 0 Å².